The lowest BCUT2D eigenvalue weighted by Gasteiger charge is -2.06. The van der Waals surface area contributed by atoms with Crippen LogP contribution in [-0.2, 0) is 0 Å². The van der Waals surface area contributed by atoms with Crippen molar-refractivity contribution in [1.82, 2.24) is 9.97 Å². The summed E-state index contributed by atoms with van der Waals surface area (Å²) in [6, 6.07) is 6.00. The Bertz CT molecular complexity index is 454. The molecule has 1 heterocycles. The fourth-order valence-corrected chi connectivity index (χ4v) is 1.46. The van der Waals surface area contributed by atoms with Gasteiger partial charge in [0.1, 0.15) is 6.33 Å². The minimum Gasteiger partial charge on any atom is -0.477 e. The molecule has 3 nitrogen and oxygen atoms in total. The summed E-state index contributed by atoms with van der Waals surface area (Å²) in [6.45, 7) is 4.61. The second kappa shape index (κ2) is 3.62. The fourth-order valence-electron chi connectivity index (χ4n) is 1.46. The minimum absolute atomic E-state index is 0.625. The van der Waals surface area contributed by atoms with E-state index < -0.39 is 0 Å². The summed E-state index contributed by atoms with van der Waals surface area (Å²) in [6.07, 6.45) is 1.54. The highest BCUT2D eigenvalue weighted by molar-refractivity contribution is 5.85. The summed E-state index contributed by atoms with van der Waals surface area (Å²) in [5, 5.41) is 0.981. The maximum Gasteiger partial charge on any atom is 0.224 e. The van der Waals surface area contributed by atoms with E-state index in [4.69, 9.17) is 4.74 Å². The molecule has 0 unspecified atom stereocenters. The van der Waals surface area contributed by atoms with Gasteiger partial charge in [-0.25, -0.2) is 9.97 Å². The Labute approximate surface area is 82.8 Å². The average Bonchev–Trinajstić information content (AvgIpc) is 2.20. The van der Waals surface area contributed by atoms with E-state index in [1.165, 1.54) is 0 Å². The van der Waals surface area contributed by atoms with Gasteiger partial charge >= 0.3 is 0 Å². The molecule has 0 amide bonds. The van der Waals surface area contributed by atoms with Crippen molar-refractivity contribution in [2.24, 2.45) is 0 Å². The van der Waals surface area contributed by atoms with Gasteiger partial charge in [-0.2, -0.15) is 0 Å². The third-order valence-corrected chi connectivity index (χ3v) is 2.11. The molecular formula is C11H12N2O. The molecule has 72 valence electrons. The number of aromatic nitrogens is 2. The number of hydrogen-bond donors (Lipinski definition) is 0. The van der Waals surface area contributed by atoms with E-state index in [1.807, 2.05) is 32.0 Å². The second-order valence-electron chi connectivity index (χ2n) is 3.08. The Morgan fingerprint density at radius 2 is 2.14 bits per heavy atom. The van der Waals surface area contributed by atoms with Crippen LogP contribution >= 0.6 is 0 Å². The topological polar surface area (TPSA) is 35.0 Å². The Morgan fingerprint density at radius 3 is 2.93 bits per heavy atom. The number of aryl methyl sites for hydroxylation is 1. The molecule has 0 saturated carbocycles. The maximum absolute atomic E-state index is 5.42. The molecule has 14 heavy (non-hydrogen) atoms. The van der Waals surface area contributed by atoms with E-state index in [9.17, 15) is 0 Å². The van der Waals surface area contributed by atoms with Gasteiger partial charge in [0, 0.05) is 0 Å². The first-order chi connectivity index (χ1) is 6.83. The standard InChI is InChI=1S/C11H12N2O/c1-3-14-11-9-6-4-5-8(2)10(9)12-7-13-11/h4-7H,3H2,1-2H3. The third-order valence-electron chi connectivity index (χ3n) is 2.11. The lowest BCUT2D eigenvalue weighted by Crippen LogP contribution is -1.96. The van der Waals surface area contributed by atoms with Gasteiger partial charge in [-0.3, -0.25) is 0 Å². The molecule has 0 aliphatic carbocycles. The highest BCUT2D eigenvalue weighted by Gasteiger charge is 2.04. The van der Waals surface area contributed by atoms with Gasteiger partial charge in [0.05, 0.1) is 17.5 Å². The number of rotatable bonds is 2. The van der Waals surface area contributed by atoms with Crippen LogP contribution in [0, 0.1) is 6.92 Å². The van der Waals surface area contributed by atoms with Crippen LogP contribution in [0.1, 0.15) is 12.5 Å². The van der Waals surface area contributed by atoms with Crippen molar-refractivity contribution in [1.29, 1.82) is 0 Å². The van der Waals surface area contributed by atoms with Crippen LogP contribution in [0.3, 0.4) is 0 Å². The van der Waals surface area contributed by atoms with E-state index in [1.54, 1.807) is 6.33 Å². The van der Waals surface area contributed by atoms with E-state index in [2.05, 4.69) is 9.97 Å². The van der Waals surface area contributed by atoms with Crippen LogP contribution in [0.15, 0.2) is 24.5 Å². The molecule has 0 N–H and O–H groups in total. The molecular weight excluding hydrogens is 176 g/mol. The first-order valence-electron chi connectivity index (χ1n) is 4.66. The van der Waals surface area contributed by atoms with Crippen LogP contribution in [0.25, 0.3) is 10.9 Å². The Morgan fingerprint density at radius 1 is 1.29 bits per heavy atom. The average molecular weight is 188 g/mol. The predicted octanol–water partition coefficient (Wildman–Crippen LogP) is 2.34. The van der Waals surface area contributed by atoms with Gasteiger partial charge in [0.25, 0.3) is 0 Å². The molecule has 0 aliphatic rings. The molecule has 1 aromatic carbocycles. The fraction of sp³-hybridized carbons (Fsp3) is 0.273. The van der Waals surface area contributed by atoms with E-state index in [0.29, 0.717) is 12.5 Å². The quantitative estimate of drug-likeness (QED) is 0.725. The van der Waals surface area contributed by atoms with Gasteiger partial charge in [-0.1, -0.05) is 12.1 Å². The van der Waals surface area contributed by atoms with Gasteiger partial charge < -0.3 is 4.74 Å². The van der Waals surface area contributed by atoms with Crippen molar-refractivity contribution in [2.75, 3.05) is 6.61 Å². The highest BCUT2D eigenvalue weighted by Crippen LogP contribution is 2.22. The highest BCUT2D eigenvalue weighted by atomic mass is 16.5. The number of nitrogens with zero attached hydrogens (tertiary/aromatic N) is 2. The first kappa shape index (κ1) is 8.94. The molecule has 0 saturated heterocycles. The lowest BCUT2D eigenvalue weighted by molar-refractivity contribution is 0.331. The molecule has 0 bridgehead atoms. The summed E-state index contributed by atoms with van der Waals surface area (Å²) in [4.78, 5) is 8.34. The first-order valence-corrected chi connectivity index (χ1v) is 4.66. The zero-order valence-corrected chi connectivity index (χ0v) is 8.32. The van der Waals surface area contributed by atoms with E-state index >= 15 is 0 Å². The Kier molecular flexibility index (Phi) is 2.31. The van der Waals surface area contributed by atoms with Crippen molar-refractivity contribution < 1.29 is 4.74 Å². The van der Waals surface area contributed by atoms with Crippen LogP contribution in [-0.4, -0.2) is 16.6 Å². The van der Waals surface area contributed by atoms with Crippen molar-refractivity contribution >= 4 is 10.9 Å². The zero-order chi connectivity index (χ0) is 9.97. The van der Waals surface area contributed by atoms with Crippen LogP contribution < -0.4 is 4.74 Å². The van der Waals surface area contributed by atoms with Crippen molar-refractivity contribution in [2.45, 2.75) is 13.8 Å². The molecule has 0 fully saturated rings. The van der Waals surface area contributed by atoms with Gasteiger partial charge in [0.2, 0.25) is 5.88 Å². The summed E-state index contributed by atoms with van der Waals surface area (Å²) in [5.74, 6) is 0.668. The number of fused-ring (bicyclic) bond motifs is 1. The number of benzene rings is 1. The molecule has 0 spiro atoms. The Balaban J connectivity index is 2.68. The summed E-state index contributed by atoms with van der Waals surface area (Å²) >= 11 is 0. The van der Waals surface area contributed by atoms with Crippen LogP contribution in [0.2, 0.25) is 0 Å². The number of ether oxygens (including phenoxy) is 1. The van der Waals surface area contributed by atoms with Gasteiger partial charge in [-0.15, -0.1) is 0 Å². The summed E-state index contributed by atoms with van der Waals surface area (Å²) < 4.78 is 5.42. The number of hydrogen-bond acceptors (Lipinski definition) is 3. The monoisotopic (exact) mass is 188 g/mol. The zero-order valence-electron chi connectivity index (χ0n) is 8.32. The Hall–Kier alpha value is -1.64. The molecule has 2 rings (SSSR count). The molecule has 0 aliphatic heterocycles. The van der Waals surface area contributed by atoms with Crippen molar-refractivity contribution in [3.8, 4) is 5.88 Å². The molecule has 0 radical (unpaired) electrons. The molecule has 2 aromatic rings. The van der Waals surface area contributed by atoms with Crippen molar-refractivity contribution in [3.05, 3.63) is 30.1 Å². The molecule has 3 heteroatoms. The smallest absolute Gasteiger partial charge is 0.224 e. The van der Waals surface area contributed by atoms with E-state index in [0.717, 1.165) is 16.5 Å². The predicted molar refractivity (Wildman–Crippen MR) is 55.4 cm³/mol. The van der Waals surface area contributed by atoms with Crippen molar-refractivity contribution in [3.63, 3.8) is 0 Å². The molecule has 1 aromatic heterocycles. The van der Waals surface area contributed by atoms with Gasteiger partial charge in [-0.05, 0) is 25.5 Å². The second-order valence-corrected chi connectivity index (χ2v) is 3.08. The lowest BCUT2D eigenvalue weighted by atomic mass is 10.1. The minimum atomic E-state index is 0.625. The summed E-state index contributed by atoms with van der Waals surface area (Å²) in [5.41, 5.74) is 2.11. The maximum atomic E-state index is 5.42. The van der Waals surface area contributed by atoms with E-state index in [-0.39, 0.29) is 0 Å². The normalized spacial score (nSPS) is 10.4. The SMILES string of the molecule is CCOc1ncnc2c(C)cccc12. The van der Waals surface area contributed by atoms with Gasteiger partial charge in [0.15, 0.2) is 0 Å². The largest absolute Gasteiger partial charge is 0.477 e. The third kappa shape index (κ3) is 1.41. The summed E-state index contributed by atoms with van der Waals surface area (Å²) in [7, 11) is 0. The van der Waals surface area contributed by atoms with Crippen LogP contribution in [0.5, 0.6) is 5.88 Å². The number of para-hydroxylation sites is 1. The molecule has 0 atom stereocenters. The van der Waals surface area contributed by atoms with Crippen LogP contribution in [0.4, 0.5) is 0 Å².